The summed E-state index contributed by atoms with van der Waals surface area (Å²) in [6, 6.07) is 8.18. The van der Waals surface area contributed by atoms with E-state index in [1.165, 1.54) is 6.42 Å². The first-order valence-corrected chi connectivity index (χ1v) is 8.44. The molecule has 1 aromatic rings. The molecule has 0 atom stereocenters. The van der Waals surface area contributed by atoms with Crippen molar-refractivity contribution in [3.05, 3.63) is 34.9 Å². The number of benzene rings is 1. The van der Waals surface area contributed by atoms with E-state index in [0.29, 0.717) is 19.1 Å². The summed E-state index contributed by atoms with van der Waals surface area (Å²) in [7, 11) is 0. The number of aliphatic hydroxyl groups is 1. The molecule has 0 saturated heterocycles. The van der Waals surface area contributed by atoms with Crippen molar-refractivity contribution < 1.29 is 9.90 Å². The van der Waals surface area contributed by atoms with E-state index in [2.05, 4.69) is 11.4 Å². The van der Waals surface area contributed by atoms with Gasteiger partial charge in [0.05, 0.1) is 6.61 Å². The summed E-state index contributed by atoms with van der Waals surface area (Å²) >= 11 is 6.35. The minimum absolute atomic E-state index is 0.0135. The minimum Gasteiger partial charge on any atom is -0.395 e. The molecule has 22 heavy (non-hydrogen) atoms. The van der Waals surface area contributed by atoms with Gasteiger partial charge in [-0.3, -0.25) is 0 Å². The van der Waals surface area contributed by atoms with Crippen LogP contribution in [0.15, 0.2) is 24.3 Å². The highest BCUT2D eigenvalue weighted by Crippen LogP contribution is 2.45. The van der Waals surface area contributed by atoms with E-state index < -0.39 is 0 Å². The molecule has 0 aliphatic heterocycles. The van der Waals surface area contributed by atoms with E-state index in [9.17, 15) is 4.79 Å². The number of carbonyl (C=O) groups is 1. The van der Waals surface area contributed by atoms with Crippen LogP contribution in [0.1, 0.15) is 37.7 Å². The van der Waals surface area contributed by atoms with E-state index in [-0.39, 0.29) is 18.1 Å². The molecule has 2 amide bonds. The second-order valence-electron chi connectivity index (χ2n) is 6.42. The van der Waals surface area contributed by atoms with Gasteiger partial charge >= 0.3 is 6.03 Å². The van der Waals surface area contributed by atoms with Gasteiger partial charge in [0.15, 0.2) is 0 Å². The molecule has 0 bridgehead atoms. The molecule has 2 aliphatic carbocycles. The lowest BCUT2D eigenvalue weighted by Gasteiger charge is -2.43. The molecule has 0 radical (unpaired) electrons. The number of hydrogen-bond acceptors (Lipinski definition) is 2. The summed E-state index contributed by atoms with van der Waals surface area (Å²) in [6.07, 6.45) is 5.37. The lowest BCUT2D eigenvalue weighted by Crippen LogP contribution is -2.50. The number of nitrogens with one attached hydrogen (secondary N) is 1. The predicted molar refractivity (Wildman–Crippen MR) is 87.2 cm³/mol. The number of amides is 2. The molecule has 0 aromatic heterocycles. The number of halogens is 1. The van der Waals surface area contributed by atoms with Gasteiger partial charge in [-0.1, -0.05) is 36.2 Å². The maximum Gasteiger partial charge on any atom is 0.317 e. The first-order valence-electron chi connectivity index (χ1n) is 8.07. The number of carbonyl (C=O) groups excluding carboxylic acids is 1. The summed E-state index contributed by atoms with van der Waals surface area (Å²) in [5, 5.41) is 13.0. The zero-order chi connectivity index (χ0) is 15.6. The van der Waals surface area contributed by atoms with Gasteiger partial charge in [0.2, 0.25) is 0 Å². The Labute approximate surface area is 136 Å². The summed E-state index contributed by atoms with van der Waals surface area (Å²) in [5.74, 6) is 0. The molecule has 1 aromatic carbocycles. The van der Waals surface area contributed by atoms with Crippen molar-refractivity contribution in [1.82, 2.24) is 10.2 Å². The number of hydrogen-bond donors (Lipinski definition) is 2. The van der Waals surface area contributed by atoms with E-state index in [0.717, 1.165) is 36.3 Å². The average Bonchev–Trinajstić information content (AvgIpc) is 3.29. The van der Waals surface area contributed by atoms with Gasteiger partial charge in [-0.2, -0.15) is 0 Å². The van der Waals surface area contributed by atoms with Crippen LogP contribution in [0.5, 0.6) is 0 Å². The highest BCUT2D eigenvalue weighted by Gasteiger charge is 2.41. The first kappa shape index (κ1) is 15.6. The number of nitrogens with zero attached hydrogens (tertiary/aromatic N) is 1. The second-order valence-corrected chi connectivity index (χ2v) is 6.83. The van der Waals surface area contributed by atoms with Crippen LogP contribution in [0.3, 0.4) is 0 Å². The van der Waals surface area contributed by atoms with Gasteiger partial charge in [0, 0.05) is 29.6 Å². The normalized spacial score (nSPS) is 19.4. The number of urea groups is 1. The maximum absolute atomic E-state index is 12.4. The zero-order valence-electron chi connectivity index (χ0n) is 12.7. The fourth-order valence-corrected chi connectivity index (χ4v) is 3.66. The lowest BCUT2D eigenvalue weighted by atomic mass is 9.64. The van der Waals surface area contributed by atoms with Gasteiger partial charge in [0.25, 0.3) is 0 Å². The summed E-state index contributed by atoms with van der Waals surface area (Å²) in [4.78, 5) is 14.2. The molecule has 0 spiro atoms. The Hall–Kier alpha value is -1.26. The van der Waals surface area contributed by atoms with Gasteiger partial charge in [-0.15, -0.1) is 0 Å². The molecule has 2 saturated carbocycles. The van der Waals surface area contributed by atoms with Crippen LogP contribution in [0, 0.1) is 0 Å². The predicted octanol–water partition coefficient (Wildman–Crippen LogP) is 2.93. The zero-order valence-corrected chi connectivity index (χ0v) is 13.5. The molecule has 2 aliphatic rings. The Bertz CT molecular complexity index is 541. The Morgan fingerprint density at radius 3 is 2.64 bits per heavy atom. The van der Waals surface area contributed by atoms with Crippen molar-refractivity contribution in [3.63, 3.8) is 0 Å². The molecule has 4 nitrogen and oxygen atoms in total. The van der Waals surface area contributed by atoms with Gasteiger partial charge in [0.1, 0.15) is 0 Å². The molecule has 5 heteroatoms. The first-order chi connectivity index (χ1) is 10.7. The second kappa shape index (κ2) is 6.47. The van der Waals surface area contributed by atoms with Crippen molar-refractivity contribution in [1.29, 1.82) is 0 Å². The van der Waals surface area contributed by atoms with Crippen LogP contribution in [-0.4, -0.2) is 41.8 Å². The fraction of sp³-hybridized carbons (Fsp3) is 0.588. The van der Waals surface area contributed by atoms with Crippen molar-refractivity contribution in [2.45, 2.75) is 43.6 Å². The van der Waals surface area contributed by atoms with Crippen LogP contribution in [-0.2, 0) is 5.41 Å². The SMILES string of the molecule is O=C(NCC1(c2ccccc2Cl)CCC1)N(CCO)C1CC1. The highest BCUT2D eigenvalue weighted by atomic mass is 35.5. The quantitative estimate of drug-likeness (QED) is 0.846. The topological polar surface area (TPSA) is 52.6 Å². The van der Waals surface area contributed by atoms with E-state index >= 15 is 0 Å². The Morgan fingerprint density at radius 2 is 2.09 bits per heavy atom. The third kappa shape index (κ3) is 3.08. The maximum atomic E-state index is 12.4. The summed E-state index contributed by atoms with van der Waals surface area (Å²) in [6.45, 7) is 1.04. The van der Waals surface area contributed by atoms with Crippen molar-refractivity contribution >= 4 is 17.6 Å². The molecule has 0 heterocycles. The van der Waals surface area contributed by atoms with Crippen molar-refractivity contribution in [2.24, 2.45) is 0 Å². The standard InChI is InChI=1S/C17H23ClN2O2/c18-15-5-2-1-4-14(15)17(8-3-9-17)12-19-16(22)20(10-11-21)13-6-7-13/h1-2,4-5,13,21H,3,6-12H2,(H,19,22). The smallest absolute Gasteiger partial charge is 0.317 e. The molecule has 3 rings (SSSR count). The van der Waals surface area contributed by atoms with Crippen molar-refractivity contribution in [3.8, 4) is 0 Å². The molecular weight excluding hydrogens is 300 g/mol. The summed E-state index contributed by atoms with van der Waals surface area (Å²) < 4.78 is 0. The third-order valence-corrected chi connectivity index (χ3v) is 5.25. The van der Waals surface area contributed by atoms with E-state index in [1.807, 2.05) is 18.2 Å². The number of aliphatic hydroxyl groups excluding tert-OH is 1. The number of rotatable bonds is 6. The van der Waals surface area contributed by atoms with Crippen LogP contribution in [0.4, 0.5) is 4.79 Å². The average molecular weight is 323 g/mol. The Balaban J connectivity index is 1.66. The summed E-state index contributed by atoms with van der Waals surface area (Å²) in [5.41, 5.74) is 1.12. The monoisotopic (exact) mass is 322 g/mol. The van der Waals surface area contributed by atoms with Crippen LogP contribution in [0.2, 0.25) is 5.02 Å². The van der Waals surface area contributed by atoms with E-state index in [1.54, 1.807) is 4.90 Å². The van der Waals surface area contributed by atoms with Crippen molar-refractivity contribution in [2.75, 3.05) is 19.7 Å². The van der Waals surface area contributed by atoms with Crippen LogP contribution < -0.4 is 5.32 Å². The van der Waals surface area contributed by atoms with E-state index in [4.69, 9.17) is 16.7 Å². The van der Waals surface area contributed by atoms with Gasteiger partial charge in [-0.25, -0.2) is 4.79 Å². The Kier molecular flexibility index (Phi) is 4.59. The largest absolute Gasteiger partial charge is 0.395 e. The van der Waals surface area contributed by atoms with Gasteiger partial charge in [-0.05, 0) is 37.3 Å². The molecule has 0 unspecified atom stereocenters. The molecule has 2 fully saturated rings. The van der Waals surface area contributed by atoms with Crippen LogP contribution in [0.25, 0.3) is 0 Å². The Morgan fingerprint density at radius 1 is 1.36 bits per heavy atom. The highest BCUT2D eigenvalue weighted by molar-refractivity contribution is 6.31. The molecule has 2 N–H and O–H groups in total. The minimum atomic E-state index is -0.0603. The third-order valence-electron chi connectivity index (χ3n) is 4.92. The molecule has 120 valence electrons. The van der Waals surface area contributed by atoms with Gasteiger partial charge < -0.3 is 15.3 Å². The lowest BCUT2D eigenvalue weighted by molar-refractivity contribution is 0.164. The molecular formula is C17H23ClN2O2. The fourth-order valence-electron chi connectivity index (χ4n) is 3.33. The van der Waals surface area contributed by atoms with Crippen LogP contribution >= 0.6 is 11.6 Å².